The maximum Gasteiger partial charge on any atom is 0.329 e. The highest BCUT2D eigenvalue weighted by atomic mass is 32.2. The van der Waals surface area contributed by atoms with Gasteiger partial charge in [0.15, 0.2) is 0 Å². The number of rotatable bonds is 5. The minimum Gasteiger partial charge on any atom is -0.480 e. The Kier molecular flexibility index (Phi) is 5.27. The van der Waals surface area contributed by atoms with Crippen molar-refractivity contribution in [3.05, 3.63) is 0 Å². The summed E-state index contributed by atoms with van der Waals surface area (Å²) in [7, 11) is 0. The Hall–Kier alpha value is -0.750. The molecule has 2 atom stereocenters. The number of amides is 1. The van der Waals surface area contributed by atoms with Crippen LogP contribution >= 0.6 is 11.8 Å². The quantitative estimate of drug-likeness (QED) is 0.669. The molecular formula is C11H20N2O3S. The molecule has 1 rings (SSSR count). The van der Waals surface area contributed by atoms with E-state index in [4.69, 9.17) is 5.11 Å². The number of aliphatic carboxylic acids is 1. The third kappa shape index (κ3) is 4.20. The van der Waals surface area contributed by atoms with E-state index in [1.54, 1.807) is 6.92 Å². The number of carbonyl (C=O) groups is 2. The van der Waals surface area contributed by atoms with E-state index in [9.17, 15) is 9.59 Å². The van der Waals surface area contributed by atoms with Crippen molar-refractivity contribution in [3.63, 3.8) is 0 Å². The van der Waals surface area contributed by atoms with E-state index in [-0.39, 0.29) is 11.9 Å². The van der Waals surface area contributed by atoms with Gasteiger partial charge in [-0.1, -0.05) is 6.92 Å². The summed E-state index contributed by atoms with van der Waals surface area (Å²) in [6.45, 7) is 4.20. The summed E-state index contributed by atoms with van der Waals surface area (Å²) in [5, 5.41) is 14.9. The normalized spacial score (nSPS) is 23.8. The molecule has 0 saturated carbocycles. The molecule has 0 radical (unpaired) electrons. The SMILES string of the molecule is CCC(C)(NC(=O)CC1CSCCN1)C(=O)O. The highest BCUT2D eigenvalue weighted by Gasteiger charge is 2.33. The van der Waals surface area contributed by atoms with Gasteiger partial charge in [-0.3, -0.25) is 4.79 Å². The van der Waals surface area contributed by atoms with Gasteiger partial charge in [-0.05, 0) is 13.3 Å². The maximum absolute atomic E-state index is 11.8. The first-order chi connectivity index (χ1) is 7.98. The Morgan fingerprint density at radius 1 is 1.59 bits per heavy atom. The number of carboxylic acids is 1. The molecule has 1 aliphatic rings. The Morgan fingerprint density at radius 2 is 2.29 bits per heavy atom. The zero-order valence-corrected chi connectivity index (χ0v) is 11.1. The topological polar surface area (TPSA) is 78.4 Å². The fourth-order valence-electron chi connectivity index (χ4n) is 1.63. The standard InChI is InChI=1S/C11H20N2O3S/c1-3-11(2,10(15)16)13-9(14)6-8-7-17-5-4-12-8/h8,12H,3-7H2,1-2H3,(H,13,14)(H,15,16). The van der Waals surface area contributed by atoms with Crippen molar-refractivity contribution in [2.75, 3.05) is 18.1 Å². The summed E-state index contributed by atoms with van der Waals surface area (Å²) in [6.07, 6.45) is 0.719. The summed E-state index contributed by atoms with van der Waals surface area (Å²) in [5.74, 6) is 0.791. The highest BCUT2D eigenvalue weighted by Crippen LogP contribution is 2.13. The molecule has 17 heavy (non-hydrogen) atoms. The minimum absolute atomic E-state index is 0.156. The van der Waals surface area contributed by atoms with Crippen LogP contribution in [0.2, 0.25) is 0 Å². The van der Waals surface area contributed by atoms with Crippen molar-refractivity contribution in [3.8, 4) is 0 Å². The molecule has 3 N–H and O–H groups in total. The molecule has 6 heteroatoms. The van der Waals surface area contributed by atoms with Crippen LogP contribution in [0.15, 0.2) is 0 Å². The average molecular weight is 260 g/mol. The molecule has 1 fully saturated rings. The number of carbonyl (C=O) groups excluding carboxylic acids is 1. The van der Waals surface area contributed by atoms with E-state index >= 15 is 0 Å². The van der Waals surface area contributed by atoms with Crippen molar-refractivity contribution >= 4 is 23.6 Å². The smallest absolute Gasteiger partial charge is 0.329 e. The molecule has 0 aromatic heterocycles. The van der Waals surface area contributed by atoms with Gasteiger partial charge in [0, 0.05) is 30.5 Å². The zero-order chi connectivity index (χ0) is 12.9. The van der Waals surface area contributed by atoms with Crippen LogP contribution in [0.1, 0.15) is 26.7 Å². The van der Waals surface area contributed by atoms with E-state index in [2.05, 4.69) is 10.6 Å². The van der Waals surface area contributed by atoms with Crippen LogP contribution in [0.4, 0.5) is 0 Å². The van der Waals surface area contributed by atoms with Gasteiger partial charge in [0.1, 0.15) is 5.54 Å². The van der Waals surface area contributed by atoms with Crippen molar-refractivity contribution in [2.45, 2.75) is 38.3 Å². The second kappa shape index (κ2) is 6.26. The van der Waals surface area contributed by atoms with Gasteiger partial charge in [0.2, 0.25) is 5.91 Å². The Bertz CT molecular complexity index is 292. The third-order valence-corrected chi connectivity index (χ3v) is 4.16. The van der Waals surface area contributed by atoms with Crippen LogP contribution in [0.25, 0.3) is 0 Å². The largest absolute Gasteiger partial charge is 0.480 e. The zero-order valence-electron chi connectivity index (χ0n) is 10.3. The molecule has 1 amide bonds. The lowest BCUT2D eigenvalue weighted by Gasteiger charge is -2.27. The van der Waals surface area contributed by atoms with E-state index in [1.165, 1.54) is 6.92 Å². The van der Waals surface area contributed by atoms with Crippen molar-refractivity contribution < 1.29 is 14.7 Å². The summed E-state index contributed by atoms with van der Waals surface area (Å²) in [6, 6.07) is 0.156. The third-order valence-electron chi connectivity index (χ3n) is 3.02. The van der Waals surface area contributed by atoms with Crippen molar-refractivity contribution in [2.24, 2.45) is 0 Å². The first-order valence-electron chi connectivity index (χ1n) is 5.83. The number of hydrogen-bond acceptors (Lipinski definition) is 4. The minimum atomic E-state index is -1.15. The first kappa shape index (κ1) is 14.3. The summed E-state index contributed by atoms with van der Waals surface area (Å²) < 4.78 is 0. The van der Waals surface area contributed by atoms with Gasteiger partial charge >= 0.3 is 5.97 Å². The lowest BCUT2D eigenvalue weighted by atomic mass is 9.98. The van der Waals surface area contributed by atoms with E-state index in [1.807, 2.05) is 11.8 Å². The monoisotopic (exact) mass is 260 g/mol. The number of thioether (sulfide) groups is 1. The predicted octanol–water partition coefficient (Wildman–Crippen LogP) is 0.451. The molecule has 0 aliphatic carbocycles. The lowest BCUT2D eigenvalue weighted by molar-refractivity contribution is -0.147. The second-order valence-electron chi connectivity index (χ2n) is 4.47. The Balaban J connectivity index is 2.44. The Morgan fingerprint density at radius 3 is 2.76 bits per heavy atom. The molecule has 98 valence electrons. The summed E-state index contributed by atoms with van der Waals surface area (Å²) in [5.41, 5.74) is -1.15. The molecule has 0 aromatic carbocycles. The summed E-state index contributed by atoms with van der Waals surface area (Å²) in [4.78, 5) is 22.8. The van der Waals surface area contributed by atoms with E-state index < -0.39 is 11.5 Å². The number of carboxylic acid groups (broad SMARTS) is 1. The molecule has 0 spiro atoms. The molecule has 0 bridgehead atoms. The van der Waals surface area contributed by atoms with Crippen LogP contribution in [0.3, 0.4) is 0 Å². The number of nitrogens with one attached hydrogen (secondary N) is 2. The molecule has 1 saturated heterocycles. The van der Waals surface area contributed by atoms with E-state index in [0.29, 0.717) is 12.8 Å². The fourth-order valence-corrected chi connectivity index (χ4v) is 2.58. The average Bonchev–Trinajstić information content (AvgIpc) is 2.29. The number of hydrogen-bond donors (Lipinski definition) is 3. The predicted molar refractivity (Wildman–Crippen MR) is 68.2 cm³/mol. The molecule has 2 unspecified atom stereocenters. The van der Waals surface area contributed by atoms with Crippen LogP contribution in [0, 0.1) is 0 Å². The van der Waals surface area contributed by atoms with Crippen LogP contribution in [-0.2, 0) is 9.59 Å². The fraction of sp³-hybridized carbons (Fsp3) is 0.818. The van der Waals surface area contributed by atoms with Gasteiger partial charge in [-0.25, -0.2) is 4.79 Å². The van der Waals surface area contributed by atoms with Crippen molar-refractivity contribution in [1.29, 1.82) is 0 Å². The maximum atomic E-state index is 11.8. The molecule has 0 aromatic rings. The van der Waals surface area contributed by atoms with Gasteiger partial charge in [0.05, 0.1) is 0 Å². The van der Waals surface area contributed by atoms with Crippen LogP contribution in [-0.4, -0.2) is 46.6 Å². The molecule has 1 heterocycles. The van der Waals surface area contributed by atoms with Crippen LogP contribution < -0.4 is 10.6 Å². The molecule has 1 aliphatic heterocycles. The van der Waals surface area contributed by atoms with Gasteiger partial charge < -0.3 is 15.7 Å². The van der Waals surface area contributed by atoms with Gasteiger partial charge in [-0.2, -0.15) is 11.8 Å². The summed E-state index contributed by atoms with van der Waals surface area (Å²) >= 11 is 1.82. The first-order valence-corrected chi connectivity index (χ1v) is 6.99. The second-order valence-corrected chi connectivity index (χ2v) is 5.62. The van der Waals surface area contributed by atoms with Gasteiger partial charge in [-0.15, -0.1) is 0 Å². The van der Waals surface area contributed by atoms with Crippen LogP contribution in [0.5, 0.6) is 0 Å². The Labute approximate surface area is 106 Å². The van der Waals surface area contributed by atoms with E-state index in [0.717, 1.165) is 18.1 Å². The lowest BCUT2D eigenvalue weighted by Crippen LogP contribution is -2.53. The molecule has 5 nitrogen and oxygen atoms in total. The van der Waals surface area contributed by atoms with Gasteiger partial charge in [0.25, 0.3) is 0 Å². The van der Waals surface area contributed by atoms with Crippen molar-refractivity contribution in [1.82, 2.24) is 10.6 Å². The highest BCUT2D eigenvalue weighted by molar-refractivity contribution is 7.99. The molecular weight excluding hydrogens is 240 g/mol.